The third-order valence-corrected chi connectivity index (χ3v) is 5.26. The third kappa shape index (κ3) is 3.83. The molecule has 158 valence electrons. The number of carbonyl (C=O) groups is 1. The SMILES string of the molecule is CCn1cc(-c2ccnc3[nH]ccc23)c(-c2cccc(NC(=O)Nc3ccccc3)c2)n1. The number of para-hydroxylation sites is 1. The number of aromatic amines is 1. The minimum absolute atomic E-state index is 0.296. The van der Waals surface area contributed by atoms with E-state index in [4.69, 9.17) is 5.10 Å². The summed E-state index contributed by atoms with van der Waals surface area (Å²) in [5.41, 5.74) is 6.12. The Morgan fingerprint density at radius 3 is 2.62 bits per heavy atom. The zero-order valence-electron chi connectivity index (χ0n) is 17.5. The summed E-state index contributed by atoms with van der Waals surface area (Å²) in [4.78, 5) is 20.0. The van der Waals surface area contributed by atoms with Crippen molar-refractivity contribution in [2.24, 2.45) is 0 Å². The summed E-state index contributed by atoms with van der Waals surface area (Å²) < 4.78 is 1.92. The van der Waals surface area contributed by atoms with Gasteiger partial charge in [-0.1, -0.05) is 30.3 Å². The number of hydrogen-bond donors (Lipinski definition) is 3. The molecule has 3 aromatic heterocycles. The molecular weight excluding hydrogens is 400 g/mol. The molecule has 3 N–H and O–H groups in total. The van der Waals surface area contributed by atoms with Crippen molar-refractivity contribution >= 4 is 28.4 Å². The second-order valence-electron chi connectivity index (χ2n) is 7.37. The Kier molecular flexibility index (Phi) is 5.13. The molecule has 2 aromatic carbocycles. The highest BCUT2D eigenvalue weighted by molar-refractivity contribution is 6.01. The number of urea groups is 1. The van der Waals surface area contributed by atoms with Gasteiger partial charge < -0.3 is 15.6 Å². The van der Waals surface area contributed by atoms with Crippen molar-refractivity contribution in [1.29, 1.82) is 0 Å². The Morgan fingerprint density at radius 1 is 0.969 bits per heavy atom. The van der Waals surface area contributed by atoms with E-state index in [-0.39, 0.29) is 6.03 Å². The van der Waals surface area contributed by atoms with Gasteiger partial charge in [-0.25, -0.2) is 9.78 Å². The predicted octanol–water partition coefficient (Wildman–Crippen LogP) is 5.76. The number of aryl methyl sites for hydroxylation is 1. The van der Waals surface area contributed by atoms with E-state index in [2.05, 4.69) is 33.7 Å². The van der Waals surface area contributed by atoms with Gasteiger partial charge in [0.1, 0.15) is 11.3 Å². The molecule has 0 unspecified atom stereocenters. The molecule has 0 fully saturated rings. The topological polar surface area (TPSA) is 87.6 Å². The van der Waals surface area contributed by atoms with Gasteiger partial charge in [0.2, 0.25) is 0 Å². The van der Waals surface area contributed by atoms with Crippen molar-refractivity contribution in [2.75, 3.05) is 10.6 Å². The first-order valence-corrected chi connectivity index (χ1v) is 10.4. The number of nitrogens with zero attached hydrogens (tertiary/aromatic N) is 3. The van der Waals surface area contributed by atoms with Crippen LogP contribution in [0.25, 0.3) is 33.4 Å². The molecule has 0 radical (unpaired) electrons. The largest absolute Gasteiger partial charge is 0.346 e. The van der Waals surface area contributed by atoms with Gasteiger partial charge in [-0.05, 0) is 48.9 Å². The highest BCUT2D eigenvalue weighted by atomic mass is 16.2. The summed E-state index contributed by atoms with van der Waals surface area (Å²) in [5, 5.41) is 11.6. The molecule has 2 amide bonds. The first-order chi connectivity index (χ1) is 15.7. The number of amides is 2. The van der Waals surface area contributed by atoms with Crippen LogP contribution in [-0.4, -0.2) is 25.8 Å². The molecule has 5 aromatic rings. The number of H-pyrrole nitrogens is 1. The lowest BCUT2D eigenvalue weighted by Crippen LogP contribution is -2.19. The minimum atomic E-state index is -0.296. The standard InChI is InChI=1S/C25H22N6O/c1-2-31-16-22(20-11-13-26-24-21(20)12-14-27-24)23(30-31)17-7-6-10-19(15-17)29-25(32)28-18-8-4-3-5-9-18/h3-16H,2H2,1H3,(H,26,27)(H2,28,29,32). The predicted molar refractivity (Wildman–Crippen MR) is 128 cm³/mol. The molecule has 7 nitrogen and oxygen atoms in total. The number of carbonyl (C=O) groups excluding carboxylic acids is 1. The highest BCUT2D eigenvalue weighted by Gasteiger charge is 2.16. The van der Waals surface area contributed by atoms with E-state index in [1.807, 2.05) is 77.6 Å². The maximum atomic E-state index is 12.4. The van der Waals surface area contributed by atoms with Gasteiger partial charge in [-0.15, -0.1) is 0 Å². The van der Waals surface area contributed by atoms with Crippen LogP contribution in [0.2, 0.25) is 0 Å². The van der Waals surface area contributed by atoms with Crippen molar-refractivity contribution in [2.45, 2.75) is 13.5 Å². The van der Waals surface area contributed by atoms with Crippen LogP contribution in [0.15, 0.2) is 85.3 Å². The fourth-order valence-corrected chi connectivity index (χ4v) is 3.75. The first-order valence-electron chi connectivity index (χ1n) is 10.4. The van der Waals surface area contributed by atoms with Crippen LogP contribution >= 0.6 is 0 Å². The maximum Gasteiger partial charge on any atom is 0.323 e. The van der Waals surface area contributed by atoms with Crippen LogP contribution < -0.4 is 10.6 Å². The van der Waals surface area contributed by atoms with E-state index in [1.165, 1.54) is 0 Å². The third-order valence-electron chi connectivity index (χ3n) is 5.26. The van der Waals surface area contributed by atoms with Crippen LogP contribution in [0.1, 0.15) is 6.92 Å². The van der Waals surface area contributed by atoms with E-state index in [0.717, 1.165) is 45.6 Å². The molecule has 0 aliphatic heterocycles. The second kappa shape index (κ2) is 8.39. The average molecular weight is 422 g/mol. The Morgan fingerprint density at radius 2 is 1.78 bits per heavy atom. The van der Waals surface area contributed by atoms with Gasteiger partial charge in [-0.2, -0.15) is 5.10 Å². The van der Waals surface area contributed by atoms with Crippen LogP contribution in [-0.2, 0) is 6.54 Å². The molecule has 32 heavy (non-hydrogen) atoms. The maximum absolute atomic E-state index is 12.4. The molecule has 0 aliphatic rings. The zero-order chi connectivity index (χ0) is 21.9. The van der Waals surface area contributed by atoms with Crippen LogP contribution in [0, 0.1) is 0 Å². The molecule has 5 rings (SSSR count). The van der Waals surface area contributed by atoms with Crippen LogP contribution in [0.3, 0.4) is 0 Å². The summed E-state index contributed by atoms with van der Waals surface area (Å²) in [6.07, 6.45) is 5.74. The Hall–Kier alpha value is -4.39. The lowest BCUT2D eigenvalue weighted by atomic mass is 10.00. The lowest BCUT2D eigenvalue weighted by Gasteiger charge is -2.09. The Labute approximate surface area is 185 Å². The summed E-state index contributed by atoms with van der Waals surface area (Å²) in [6.45, 7) is 2.82. The van der Waals surface area contributed by atoms with Crippen LogP contribution in [0.4, 0.5) is 16.2 Å². The van der Waals surface area contributed by atoms with Gasteiger partial charge in [0.25, 0.3) is 0 Å². The van der Waals surface area contributed by atoms with Crippen LogP contribution in [0.5, 0.6) is 0 Å². The van der Waals surface area contributed by atoms with E-state index < -0.39 is 0 Å². The molecule has 0 saturated carbocycles. The molecule has 0 saturated heterocycles. The monoisotopic (exact) mass is 422 g/mol. The summed E-state index contributed by atoms with van der Waals surface area (Å²) in [7, 11) is 0. The molecular formula is C25H22N6O. The van der Waals surface area contributed by atoms with Crippen molar-refractivity contribution in [3.05, 3.63) is 85.3 Å². The average Bonchev–Trinajstić information content (AvgIpc) is 3.47. The van der Waals surface area contributed by atoms with Crippen molar-refractivity contribution in [3.63, 3.8) is 0 Å². The normalized spacial score (nSPS) is 10.9. The molecule has 0 atom stereocenters. The van der Waals surface area contributed by atoms with Gasteiger partial charge in [0, 0.05) is 53.0 Å². The first kappa shape index (κ1) is 19.6. The molecule has 0 aliphatic carbocycles. The summed E-state index contributed by atoms with van der Waals surface area (Å²) in [5.74, 6) is 0. The summed E-state index contributed by atoms with van der Waals surface area (Å²) >= 11 is 0. The van der Waals surface area contributed by atoms with Gasteiger partial charge in [0.15, 0.2) is 0 Å². The van der Waals surface area contributed by atoms with Crippen molar-refractivity contribution in [3.8, 4) is 22.4 Å². The molecule has 7 heteroatoms. The Bertz CT molecular complexity index is 1390. The molecule has 0 spiro atoms. The lowest BCUT2D eigenvalue weighted by molar-refractivity contribution is 0.262. The second-order valence-corrected chi connectivity index (χ2v) is 7.37. The van der Waals surface area contributed by atoms with E-state index in [1.54, 1.807) is 6.20 Å². The van der Waals surface area contributed by atoms with Gasteiger partial charge in [-0.3, -0.25) is 4.68 Å². The number of aromatic nitrogens is 4. The number of rotatable bonds is 5. The van der Waals surface area contributed by atoms with Crippen molar-refractivity contribution in [1.82, 2.24) is 19.7 Å². The zero-order valence-corrected chi connectivity index (χ0v) is 17.5. The number of fused-ring (bicyclic) bond motifs is 1. The Balaban J connectivity index is 1.49. The van der Waals surface area contributed by atoms with Crippen molar-refractivity contribution < 1.29 is 4.79 Å². The van der Waals surface area contributed by atoms with E-state index >= 15 is 0 Å². The van der Waals surface area contributed by atoms with Gasteiger partial charge in [0.05, 0.1) is 0 Å². The van der Waals surface area contributed by atoms with Gasteiger partial charge >= 0.3 is 6.03 Å². The quantitative estimate of drug-likeness (QED) is 0.337. The smallest absolute Gasteiger partial charge is 0.323 e. The fraction of sp³-hybridized carbons (Fsp3) is 0.0800. The number of pyridine rings is 1. The van der Waals surface area contributed by atoms with E-state index in [9.17, 15) is 4.79 Å². The fourth-order valence-electron chi connectivity index (χ4n) is 3.75. The highest BCUT2D eigenvalue weighted by Crippen LogP contribution is 2.35. The number of nitrogens with one attached hydrogen (secondary N) is 3. The van der Waals surface area contributed by atoms with E-state index in [0.29, 0.717) is 5.69 Å². The summed E-state index contributed by atoms with van der Waals surface area (Å²) in [6, 6.07) is 20.8. The molecule has 0 bridgehead atoms. The number of hydrogen-bond acceptors (Lipinski definition) is 3. The molecule has 3 heterocycles. The number of anilines is 2. The minimum Gasteiger partial charge on any atom is -0.346 e. The number of benzene rings is 2.